The molecule has 0 aliphatic carbocycles. The highest BCUT2D eigenvalue weighted by atomic mass is 16.1. The average molecular weight is 244 g/mol. The van der Waals surface area contributed by atoms with Crippen LogP contribution < -0.4 is 5.32 Å². The molecule has 2 heterocycles. The van der Waals surface area contributed by atoms with Crippen LogP contribution in [0.1, 0.15) is 18.4 Å². The van der Waals surface area contributed by atoms with Crippen molar-refractivity contribution in [2.75, 3.05) is 25.5 Å². The molecule has 1 atom stereocenters. The average Bonchev–Trinajstić information content (AvgIpc) is 2.75. The molecule has 1 unspecified atom stereocenters. The number of pyridine rings is 1. The number of nitrogens with one attached hydrogen (secondary N) is 1. The largest absolute Gasteiger partial charge is 0.311 e. The number of hydrogen-bond acceptors (Lipinski definition) is 4. The molecule has 1 aromatic heterocycles. The van der Waals surface area contributed by atoms with E-state index in [1.807, 2.05) is 6.07 Å². The molecule has 2 rings (SSSR count). The van der Waals surface area contributed by atoms with Crippen molar-refractivity contribution >= 4 is 11.7 Å². The monoisotopic (exact) mass is 244 g/mol. The van der Waals surface area contributed by atoms with Gasteiger partial charge in [0.15, 0.2) is 0 Å². The highest BCUT2D eigenvalue weighted by Gasteiger charge is 2.22. The fourth-order valence-electron chi connectivity index (χ4n) is 2.18. The predicted octanol–water partition coefficient (Wildman–Crippen LogP) is 1.23. The van der Waals surface area contributed by atoms with E-state index in [1.165, 1.54) is 6.20 Å². The fraction of sp³-hybridized carbons (Fsp3) is 0.462. The van der Waals surface area contributed by atoms with E-state index in [2.05, 4.69) is 22.2 Å². The van der Waals surface area contributed by atoms with Crippen LogP contribution in [0.3, 0.4) is 0 Å². The van der Waals surface area contributed by atoms with Crippen LogP contribution in [0.2, 0.25) is 0 Å². The standard InChI is InChI=1S/C13H16N4O/c1-17-5-4-10(9-17)6-13(18)16-12-3-2-11(7-14)8-15-12/h2-3,8,10H,4-6,9H2,1H3,(H,15,16,18). The van der Waals surface area contributed by atoms with E-state index >= 15 is 0 Å². The number of hydrogen-bond donors (Lipinski definition) is 1. The third kappa shape index (κ3) is 3.28. The van der Waals surface area contributed by atoms with E-state index in [0.717, 1.165) is 19.5 Å². The van der Waals surface area contributed by atoms with Crippen LogP contribution in [0.5, 0.6) is 0 Å². The maximum atomic E-state index is 11.8. The molecule has 1 fully saturated rings. The molecule has 1 N–H and O–H groups in total. The van der Waals surface area contributed by atoms with Gasteiger partial charge >= 0.3 is 0 Å². The van der Waals surface area contributed by atoms with Gasteiger partial charge in [-0.3, -0.25) is 4.79 Å². The number of likely N-dealkylation sites (tertiary alicyclic amines) is 1. The number of aromatic nitrogens is 1. The number of anilines is 1. The molecular formula is C13H16N4O. The van der Waals surface area contributed by atoms with Crippen molar-refractivity contribution in [3.63, 3.8) is 0 Å². The first-order chi connectivity index (χ1) is 8.67. The lowest BCUT2D eigenvalue weighted by atomic mass is 10.0. The van der Waals surface area contributed by atoms with Gasteiger partial charge in [-0.2, -0.15) is 5.26 Å². The molecule has 94 valence electrons. The van der Waals surface area contributed by atoms with Gasteiger partial charge < -0.3 is 10.2 Å². The molecule has 0 spiro atoms. The Morgan fingerprint density at radius 2 is 2.50 bits per heavy atom. The highest BCUT2D eigenvalue weighted by molar-refractivity contribution is 5.89. The number of carbonyl (C=O) groups excluding carboxylic acids is 1. The highest BCUT2D eigenvalue weighted by Crippen LogP contribution is 2.18. The number of nitrogens with zero attached hydrogens (tertiary/aromatic N) is 3. The minimum absolute atomic E-state index is 0.00694. The summed E-state index contributed by atoms with van der Waals surface area (Å²) in [7, 11) is 2.07. The third-order valence-corrected chi connectivity index (χ3v) is 3.12. The van der Waals surface area contributed by atoms with Crippen LogP contribution in [-0.2, 0) is 4.79 Å². The Morgan fingerprint density at radius 1 is 1.67 bits per heavy atom. The smallest absolute Gasteiger partial charge is 0.225 e. The molecule has 18 heavy (non-hydrogen) atoms. The van der Waals surface area contributed by atoms with Crippen LogP contribution >= 0.6 is 0 Å². The van der Waals surface area contributed by atoms with Gasteiger partial charge in [-0.05, 0) is 38.1 Å². The molecule has 1 aromatic rings. The minimum Gasteiger partial charge on any atom is -0.311 e. The number of carbonyl (C=O) groups is 1. The molecular weight excluding hydrogens is 228 g/mol. The summed E-state index contributed by atoms with van der Waals surface area (Å²) in [5, 5.41) is 11.4. The molecule has 0 radical (unpaired) electrons. The van der Waals surface area contributed by atoms with Gasteiger partial charge in [0.05, 0.1) is 5.56 Å². The second kappa shape index (κ2) is 5.61. The predicted molar refractivity (Wildman–Crippen MR) is 67.8 cm³/mol. The molecule has 0 bridgehead atoms. The molecule has 1 saturated heterocycles. The Morgan fingerprint density at radius 3 is 3.06 bits per heavy atom. The van der Waals surface area contributed by atoms with Gasteiger partial charge in [0, 0.05) is 19.2 Å². The molecule has 1 amide bonds. The SMILES string of the molecule is CN1CCC(CC(=O)Nc2ccc(C#N)cn2)C1. The Labute approximate surface area is 106 Å². The van der Waals surface area contributed by atoms with Crippen LogP contribution in [0, 0.1) is 17.2 Å². The summed E-state index contributed by atoms with van der Waals surface area (Å²) in [6, 6.07) is 5.29. The zero-order valence-corrected chi connectivity index (χ0v) is 10.4. The quantitative estimate of drug-likeness (QED) is 0.868. The second-order valence-electron chi connectivity index (χ2n) is 4.71. The van der Waals surface area contributed by atoms with Crippen LogP contribution in [-0.4, -0.2) is 35.9 Å². The number of rotatable bonds is 3. The van der Waals surface area contributed by atoms with Crippen molar-refractivity contribution in [3.8, 4) is 6.07 Å². The summed E-state index contributed by atoms with van der Waals surface area (Å²) in [5.74, 6) is 0.936. The van der Waals surface area contributed by atoms with E-state index in [-0.39, 0.29) is 5.91 Å². The molecule has 5 nitrogen and oxygen atoms in total. The Balaban J connectivity index is 1.85. The molecule has 1 aliphatic rings. The van der Waals surface area contributed by atoms with Gasteiger partial charge in [-0.25, -0.2) is 4.98 Å². The molecule has 5 heteroatoms. The summed E-state index contributed by atoms with van der Waals surface area (Å²) in [6.07, 6.45) is 3.07. The Bertz CT molecular complexity index is 463. The van der Waals surface area contributed by atoms with Crippen molar-refractivity contribution in [1.29, 1.82) is 5.26 Å². The first-order valence-electron chi connectivity index (χ1n) is 6.02. The van der Waals surface area contributed by atoms with E-state index < -0.39 is 0 Å². The van der Waals surface area contributed by atoms with Gasteiger partial charge in [0.2, 0.25) is 5.91 Å². The summed E-state index contributed by atoms with van der Waals surface area (Å²) in [4.78, 5) is 18.0. The molecule has 0 saturated carbocycles. The van der Waals surface area contributed by atoms with Crippen molar-refractivity contribution in [3.05, 3.63) is 23.9 Å². The normalized spacial score (nSPS) is 19.4. The second-order valence-corrected chi connectivity index (χ2v) is 4.71. The fourth-order valence-corrected chi connectivity index (χ4v) is 2.18. The van der Waals surface area contributed by atoms with Gasteiger partial charge in [-0.1, -0.05) is 0 Å². The Kier molecular flexibility index (Phi) is 3.90. The topological polar surface area (TPSA) is 69.0 Å². The van der Waals surface area contributed by atoms with Crippen LogP contribution in [0.15, 0.2) is 18.3 Å². The van der Waals surface area contributed by atoms with E-state index in [9.17, 15) is 4.79 Å². The number of amides is 1. The number of nitriles is 1. The lowest BCUT2D eigenvalue weighted by Crippen LogP contribution is -2.19. The third-order valence-electron chi connectivity index (χ3n) is 3.12. The summed E-state index contributed by atoms with van der Waals surface area (Å²) >= 11 is 0. The molecule has 1 aliphatic heterocycles. The minimum atomic E-state index is -0.00694. The Hall–Kier alpha value is -1.93. The summed E-state index contributed by atoms with van der Waals surface area (Å²) in [5.41, 5.74) is 0.491. The van der Waals surface area contributed by atoms with Gasteiger partial charge in [-0.15, -0.1) is 0 Å². The van der Waals surface area contributed by atoms with Crippen molar-refractivity contribution in [1.82, 2.24) is 9.88 Å². The van der Waals surface area contributed by atoms with Crippen molar-refractivity contribution < 1.29 is 4.79 Å². The van der Waals surface area contributed by atoms with E-state index in [4.69, 9.17) is 5.26 Å². The summed E-state index contributed by atoms with van der Waals surface area (Å²) < 4.78 is 0. The van der Waals surface area contributed by atoms with Crippen molar-refractivity contribution in [2.24, 2.45) is 5.92 Å². The van der Waals surface area contributed by atoms with Crippen LogP contribution in [0.25, 0.3) is 0 Å². The molecule has 0 aromatic carbocycles. The lowest BCUT2D eigenvalue weighted by Gasteiger charge is -2.10. The van der Waals surface area contributed by atoms with Gasteiger partial charge in [0.1, 0.15) is 11.9 Å². The van der Waals surface area contributed by atoms with Gasteiger partial charge in [0.25, 0.3) is 0 Å². The first kappa shape index (κ1) is 12.5. The van der Waals surface area contributed by atoms with E-state index in [0.29, 0.717) is 23.7 Å². The zero-order valence-electron chi connectivity index (χ0n) is 10.4. The van der Waals surface area contributed by atoms with E-state index in [1.54, 1.807) is 12.1 Å². The maximum absolute atomic E-state index is 11.8. The van der Waals surface area contributed by atoms with Crippen LogP contribution in [0.4, 0.5) is 5.82 Å². The first-order valence-corrected chi connectivity index (χ1v) is 6.02. The summed E-state index contributed by atoms with van der Waals surface area (Å²) in [6.45, 7) is 2.04. The maximum Gasteiger partial charge on any atom is 0.225 e. The van der Waals surface area contributed by atoms with Crippen molar-refractivity contribution in [2.45, 2.75) is 12.8 Å². The lowest BCUT2D eigenvalue weighted by molar-refractivity contribution is -0.117. The zero-order chi connectivity index (χ0) is 13.0.